The lowest BCUT2D eigenvalue weighted by Gasteiger charge is -2.16. The Hall–Kier alpha value is -0.700. The number of nitrogens with zero attached hydrogens (tertiary/aromatic N) is 1. The van der Waals surface area contributed by atoms with Gasteiger partial charge in [-0.2, -0.15) is 0 Å². The van der Waals surface area contributed by atoms with E-state index in [1.165, 1.54) is 0 Å². The van der Waals surface area contributed by atoms with Crippen LogP contribution in [0.15, 0.2) is 29.4 Å². The molecule has 0 aliphatic heterocycles. The Kier molecular flexibility index (Phi) is 6.76. The van der Waals surface area contributed by atoms with Gasteiger partial charge in [-0.05, 0) is 18.2 Å². The summed E-state index contributed by atoms with van der Waals surface area (Å²) in [5, 5.41) is 1.19. The van der Waals surface area contributed by atoms with Crippen molar-refractivity contribution >= 4 is 47.5 Å². The average Bonchev–Trinajstić information content (AvgIpc) is 2.20. The summed E-state index contributed by atoms with van der Waals surface area (Å²) in [6.45, 7) is 6.01. The Morgan fingerprint density at radius 2 is 1.72 bits per heavy atom. The molecule has 0 radical (unpaired) electrons. The quantitative estimate of drug-likeness (QED) is 0.619. The molecule has 2 N–H and O–H groups in total. The molecule has 0 amide bonds. The van der Waals surface area contributed by atoms with Gasteiger partial charge in [-0.3, -0.25) is 0 Å². The van der Waals surface area contributed by atoms with Crippen molar-refractivity contribution < 1.29 is 0 Å². The van der Waals surface area contributed by atoms with Gasteiger partial charge < -0.3 is 5.73 Å². The van der Waals surface area contributed by atoms with E-state index in [0.29, 0.717) is 15.9 Å². The van der Waals surface area contributed by atoms with Crippen molar-refractivity contribution in [3.63, 3.8) is 0 Å². The molecule has 0 spiro atoms. The van der Waals surface area contributed by atoms with Crippen LogP contribution in [0.3, 0.4) is 0 Å². The predicted molar refractivity (Wildman–Crippen MR) is 83.8 cm³/mol. The molecule has 0 bridgehead atoms. The highest BCUT2D eigenvalue weighted by Crippen LogP contribution is 2.25. The molecule has 0 aromatic heterocycles. The van der Waals surface area contributed by atoms with Crippen LogP contribution in [0.2, 0.25) is 10.0 Å². The van der Waals surface area contributed by atoms with Crippen LogP contribution in [0.4, 0.5) is 0 Å². The zero-order chi connectivity index (χ0) is 13.1. The molecule has 0 heterocycles. The molecule has 1 aromatic rings. The Balaban J connectivity index is 0.00000289. The van der Waals surface area contributed by atoms with Gasteiger partial charge in [0.05, 0.1) is 0 Å². The molecule has 5 heteroatoms. The maximum Gasteiger partial charge on any atom is 0.104 e. The van der Waals surface area contributed by atoms with Gasteiger partial charge in [0.1, 0.15) is 5.84 Å². The summed E-state index contributed by atoms with van der Waals surface area (Å²) < 4.78 is 0. The second kappa shape index (κ2) is 7.03. The summed E-state index contributed by atoms with van der Waals surface area (Å²) in [6.07, 6.45) is 3.37. The fraction of sp³-hybridized carbons (Fsp3) is 0.308. The van der Waals surface area contributed by atoms with Crippen LogP contribution in [0.5, 0.6) is 0 Å². The van der Waals surface area contributed by atoms with E-state index < -0.39 is 0 Å². The van der Waals surface area contributed by atoms with Crippen LogP contribution < -0.4 is 5.73 Å². The number of halogens is 3. The minimum absolute atomic E-state index is 0. The molecule has 0 fully saturated rings. The predicted octanol–water partition coefficient (Wildman–Crippen LogP) is 4.79. The molecule has 0 unspecified atom stereocenters. The summed E-state index contributed by atoms with van der Waals surface area (Å²) >= 11 is 12.0. The second-order valence-corrected chi connectivity index (χ2v) is 5.53. The summed E-state index contributed by atoms with van der Waals surface area (Å²) in [7, 11) is 0. The van der Waals surface area contributed by atoms with Gasteiger partial charge in [0, 0.05) is 27.2 Å². The molecule has 0 atom stereocenters. The molecule has 0 aliphatic rings. The van der Waals surface area contributed by atoms with Crippen LogP contribution in [0.25, 0.3) is 6.08 Å². The van der Waals surface area contributed by atoms with E-state index in [-0.39, 0.29) is 17.8 Å². The van der Waals surface area contributed by atoms with Gasteiger partial charge in [-0.25, -0.2) is 4.99 Å². The molecular formula is C13H17Cl3N2. The lowest BCUT2D eigenvalue weighted by Crippen LogP contribution is -2.28. The van der Waals surface area contributed by atoms with E-state index in [2.05, 4.69) is 4.99 Å². The molecule has 2 nitrogen and oxygen atoms in total. The van der Waals surface area contributed by atoms with Gasteiger partial charge in [-0.15, -0.1) is 12.4 Å². The number of rotatable bonds is 2. The van der Waals surface area contributed by atoms with Crippen LogP contribution in [-0.4, -0.2) is 5.84 Å². The smallest absolute Gasteiger partial charge is 0.104 e. The minimum atomic E-state index is -0.144. The Morgan fingerprint density at radius 3 is 2.17 bits per heavy atom. The van der Waals surface area contributed by atoms with Crippen LogP contribution >= 0.6 is 35.6 Å². The number of hydrogen-bond donors (Lipinski definition) is 1. The first-order valence-electron chi connectivity index (χ1n) is 5.26. The molecule has 100 valence electrons. The molecule has 0 saturated heterocycles. The van der Waals surface area contributed by atoms with Crippen molar-refractivity contribution in [3.05, 3.63) is 40.0 Å². The topological polar surface area (TPSA) is 38.4 Å². The lowest BCUT2D eigenvalue weighted by molar-refractivity contribution is 0.585. The Morgan fingerprint density at radius 1 is 1.22 bits per heavy atom. The first-order valence-corrected chi connectivity index (χ1v) is 6.02. The Labute approximate surface area is 124 Å². The first kappa shape index (κ1) is 17.3. The SMILES string of the molecule is CC(C)(C)C(N)=NC=Cc1c(Cl)cccc1Cl.Cl. The van der Waals surface area contributed by atoms with E-state index in [9.17, 15) is 0 Å². The standard InChI is InChI=1S/C13H16Cl2N2.ClH/c1-13(2,3)12(16)17-8-7-9-10(14)5-4-6-11(9)15;/h4-8H,1-3H3,(H2,16,17);1H. The van der Waals surface area contributed by atoms with Crippen LogP contribution in [0.1, 0.15) is 26.3 Å². The molecular weight excluding hydrogens is 291 g/mol. The fourth-order valence-corrected chi connectivity index (χ4v) is 1.58. The van der Waals surface area contributed by atoms with E-state index >= 15 is 0 Å². The maximum atomic E-state index is 6.02. The number of nitrogens with two attached hydrogens (primary N) is 1. The maximum absolute atomic E-state index is 6.02. The van der Waals surface area contributed by atoms with E-state index in [1.807, 2.05) is 20.8 Å². The van der Waals surface area contributed by atoms with E-state index in [4.69, 9.17) is 28.9 Å². The van der Waals surface area contributed by atoms with Gasteiger partial charge in [0.15, 0.2) is 0 Å². The zero-order valence-corrected chi connectivity index (χ0v) is 12.9. The van der Waals surface area contributed by atoms with Crippen molar-refractivity contribution in [3.8, 4) is 0 Å². The third-order valence-corrected chi connectivity index (χ3v) is 2.88. The average molecular weight is 308 g/mol. The third kappa shape index (κ3) is 4.89. The van der Waals surface area contributed by atoms with Crippen molar-refractivity contribution in [2.45, 2.75) is 20.8 Å². The lowest BCUT2D eigenvalue weighted by atomic mass is 9.95. The van der Waals surface area contributed by atoms with Crippen molar-refractivity contribution in [2.24, 2.45) is 16.1 Å². The second-order valence-electron chi connectivity index (χ2n) is 4.72. The third-order valence-electron chi connectivity index (χ3n) is 2.22. The highest BCUT2D eigenvalue weighted by atomic mass is 35.5. The molecule has 0 aliphatic carbocycles. The number of hydrogen-bond acceptors (Lipinski definition) is 1. The largest absolute Gasteiger partial charge is 0.387 e. The number of amidine groups is 1. The fourth-order valence-electron chi connectivity index (χ4n) is 1.06. The van der Waals surface area contributed by atoms with Crippen LogP contribution in [-0.2, 0) is 0 Å². The monoisotopic (exact) mass is 306 g/mol. The van der Waals surface area contributed by atoms with Crippen molar-refractivity contribution in [2.75, 3.05) is 0 Å². The molecule has 1 aromatic carbocycles. The highest BCUT2D eigenvalue weighted by molar-refractivity contribution is 6.37. The van der Waals surface area contributed by atoms with E-state index in [0.717, 1.165) is 5.56 Å². The molecule has 18 heavy (non-hydrogen) atoms. The van der Waals surface area contributed by atoms with Gasteiger partial charge in [0.2, 0.25) is 0 Å². The summed E-state index contributed by atoms with van der Waals surface area (Å²) in [6, 6.07) is 5.36. The van der Waals surface area contributed by atoms with Gasteiger partial charge in [0.25, 0.3) is 0 Å². The molecule has 1 rings (SSSR count). The van der Waals surface area contributed by atoms with Crippen LogP contribution in [0, 0.1) is 5.41 Å². The molecule has 0 saturated carbocycles. The highest BCUT2D eigenvalue weighted by Gasteiger charge is 2.14. The van der Waals surface area contributed by atoms with Crippen molar-refractivity contribution in [1.82, 2.24) is 0 Å². The minimum Gasteiger partial charge on any atom is -0.387 e. The number of benzene rings is 1. The van der Waals surface area contributed by atoms with Crippen molar-refractivity contribution in [1.29, 1.82) is 0 Å². The normalized spacial score (nSPS) is 12.6. The summed E-state index contributed by atoms with van der Waals surface area (Å²) in [5.41, 5.74) is 6.43. The first-order chi connectivity index (χ1) is 7.82. The summed E-state index contributed by atoms with van der Waals surface area (Å²) in [4.78, 5) is 4.17. The zero-order valence-electron chi connectivity index (χ0n) is 10.6. The Bertz CT molecular complexity index is 440. The van der Waals surface area contributed by atoms with E-state index in [1.54, 1.807) is 30.5 Å². The van der Waals surface area contributed by atoms with Gasteiger partial charge in [-0.1, -0.05) is 50.0 Å². The number of aliphatic imine (C=N–C) groups is 1. The van der Waals surface area contributed by atoms with Gasteiger partial charge >= 0.3 is 0 Å². The summed E-state index contributed by atoms with van der Waals surface area (Å²) in [5.74, 6) is 0.567.